The summed E-state index contributed by atoms with van der Waals surface area (Å²) >= 11 is 1.16. The van der Waals surface area contributed by atoms with Crippen LogP contribution in [0.15, 0.2) is 12.1 Å². The van der Waals surface area contributed by atoms with Crippen LogP contribution < -0.4 is 15.4 Å². The Morgan fingerprint density at radius 2 is 1.91 bits per heavy atom. The zero-order valence-corrected chi connectivity index (χ0v) is 24.3. The van der Waals surface area contributed by atoms with Crippen molar-refractivity contribution in [2.75, 3.05) is 44.0 Å². The highest BCUT2D eigenvalue weighted by Gasteiger charge is 2.43. The third-order valence-corrected chi connectivity index (χ3v) is 9.91. The highest BCUT2D eigenvalue weighted by Crippen LogP contribution is 2.49. The van der Waals surface area contributed by atoms with E-state index in [1.165, 1.54) is 13.2 Å². The molecule has 5 heterocycles. The molecule has 3 atom stereocenters. The van der Waals surface area contributed by atoms with Crippen molar-refractivity contribution < 1.29 is 28.5 Å². The van der Waals surface area contributed by atoms with Gasteiger partial charge in [-0.3, -0.25) is 4.90 Å². The summed E-state index contributed by atoms with van der Waals surface area (Å²) in [6, 6.07) is 5.06. The number of nitrogen functional groups attached to an aromatic ring is 1. The molecule has 4 N–H and O–H groups in total. The number of nitrogens with two attached hydrogens (primary N) is 1. The minimum atomic E-state index is -0.754. The van der Waals surface area contributed by atoms with E-state index in [4.69, 9.17) is 20.2 Å². The largest absolute Gasteiger partial charge is 0.467 e. The van der Waals surface area contributed by atoms with Crippen LogP contribution >= 0.6 is 11.3 Å². The van der Waals surface area contributed by atoms with Crippen LogP contribution in [0.3, 0.4) is 0 Å². The number of likely N-dealkylation sites (tertiary alicyclic amines) is 1. The number of ether oxygens (including phenoxy) is 2. The van der Waals surface area contributed by atoms with Gasteiger partial charge in [0, 0.05) is 52.9 Å². The molecule has 4 aromatic rings. The summed E-state index contributed by atoms with van der Waals surface area (Å²) in [5, 5.41) is 30.0. The van der Waals surface area contributed by atoms with E-state index in [0.29, 0.717) is 40.0 Å². The Morgan fingerprint density at radius 3 is 2.60 bits per heavy atom. The number of nitriles is 1. The lowest BCUT2D eigenvalue weighted by Gasteiger charge is -2.42. The molecule has 3 aliphatic rings. The van der Waals surface area contributed by atoms with E-state index in [2.05, 4.69) is 20.9 Å². The van der Waals surface area contributed by atoms with Gasteiger partial charge >= 0.3 is 6.01 Å². The van der Waals surface area contributed by atoms with Crippen LogP contribution in [0.2, 0.25) is 0 Å². The van der Waals surface area contributed by atoms with Crippen molar-refractivity contribution >= 4 is 43.1 Å². The fourth-order valence-electron chi connectivity index (χ4n) is 7.01. The smallest absolute Gasteiger partial charge is 0.318 e. The molecule has 3 aliphatic heterocycles. The monoisotopic (exact) mass is 608 g/mol. The molecule has 43 heavy (non-hydrogen) atoms. The molecule has 3 unspecified atom stereocenters. The number of hydrogen-bond donors (Lipinski definition) is 3. The minimum absolute atomic E-state index is 0.00437. The highest BCUT2D eigenvalue weighted by molar-refractivity contribution is 7.23. The number of aromatic nitrogens is 2. The maximum Gasteiger partial charge on any atom is 0.318 e. The molecule has 2 aromatic carbocycles. The van der Waals surface area contributed by atoms with E-state index in [1.54, 1.807) is 6.07 Å². The number of anilines is 2. The molecule has 7 rings (SSSR count). The Labute approximate surface area is 249 Å². The van der Waals surface area contributed by atoms with E-state index in [9.17, 15) is 15.5 Å². The number of aliphatic hydroxyl groups is 2. The van der Waals surface area contributed by atoms with Crippen molar-refractivity contribution in [3.63, 3.8) is 0 Å². The second-order valence-corrected chi connectivity index (χ2v) is 12.4. The lowest BCUT2D eigenvalue weighted by molar-refractivity contribution is 0.0740. The molecule has 0 spiro atoms. The van der Waals surface area contributed by atoms with Crippen LogP contribution in [0, 0.1) is 23.0 Å². The maximum atomic E-state index is 17.0. The van der Waals surface area contributed by atoms with Crippen LogP contribution in [0.4, 0.5) is 19.6 Å². The summed E-state index contributed by atoms with van der Waals surface area (Å²) in [6.07, 6.45) is 1.56. The van der Waals surface area contributed by atoms with Gasteiger partial charge in [-0.1, -0.05) is 0 Å². The molecule has 0 saturated carbocycles. The molecule has 2 bridgehead atoms. The third kappa shape index (κ3) is 4.39. The van der Waals surface area contributed by atoms with Gasteiger partial charge in [-0.05, 0) is 42.5 Å². The first kappa shape index (κ1) is 28.1. The Bertz CT molecular complexity index is 1800. The van der Waals surface area contributed by atoms with Crippen molar-refractivity contribution in [3.8, 4) is 23.2 Å². The predicted octanol–water partition coefficient (Wildman–Crippen LogP) is 3.68. The lowest BCUT2D eigenvalue weighted by atomic mass is 9.90. The van der Waals surface area contributed by atoms with Gasteiger partial charge < -0.3 is 30.3 Å². The number of methoxy groups -OCH3 is 1. The fourth-order valence-corrected chi connectivity index (χ4v) is 7.94. The number of benzene rings is 2. The maximum absolute atomic E-state index is 17.0. The van der Waals surface area contributed by atoms with Crippen molar-refractivity contribution in [1.82, 2.24) is 14.9 Å². The summed E-state index contributed by atoms with van der Waals surface area (Å²) in [7, 11) is 1.42. The number of halogens is 2. The summed E-state index contributed by atoms with van der Waals surface area (Å²) in [5.41, 5.74) is 7.41. The molecule has 0 aliphatic carbocycles. The first-order chi connectivity index (χ1) is 20.8. The second-order valence-electron chi connectivity index (χ2n) is 11.3. The average molecular weight is 609 g/mol. The zero-order chi connectivity index (χ0) is 30.0. The quantitative estimate of drug-likeness (QED) is 0.285. The Morgan fingerprint density at radius 1 is 1.16 bits per heavy atom. The number of thiophene rings is 1. The summed E-state index contributed by atoms with van der Waals surface area (Å²) < 4.78 is 44.6. The normalized spacial score (nSPS) is 20.6. The van der Waals surface area contributed by atoms with Crippen LogP contribution in [0.1, 0.15) is 36.0 Å². The molecule has 2 aromatic heterocycles. The average Bonchev–Trinajstić information content (AvgIpc) is 3.69. The molecule has 13 heteroatoms. The number of rotatable bonds is 7. The van der Waals surface area contributed by atoms with Crippen LogP contribution in [0.25, 0.3) is 32.1 Å². The highest BCUT2D eigenvalue weighted by atomic mass is 32.1. The number of aliphatic hydroxyl groups excluding tert-OH is 2. The van der Waals surface area contributed by atoms with E-state index < -0.39 is 17.7 Å². The van der Waals surface area contributed by atoms with Gasteiger partial charge in [0.15, 0.2) is 5.82 Å². The first-order valence-corrected chi connectivity index (χ1v) is 15.0. The summed E-state index contributed by atoms with van der Waals surface area (Å²) in [4.78, 5) is 13.7. The molecule has 2 saturated heterocycles. The number of hydrogen-bond acceptors (Lipinski definition) is 11. The number of piperazine rings is 1. The van der Waals surface area contributed by atoms with E-state index in [1.807, 2.05) is 0 Å². The summed E-state index contributed by atoms with van der Waals surface area (Å²) in [5.74, 6) is -0.839. The van der Waals surface area contributed by atoms with Crippen molar-refractivity contribution in [1.29, 1.82) is 5.26 Å². The number of fused-ring (bicyclic) bond motifs is 6. The number of nitrogens with zero attached hydrogens (tertiary/aromatic N) is 5. The predicted molar refractivity (Wildman–Crippen MR) is 158 cm³/mol. The van der Waals surface area contributed by atoms with Gasteiger partial charge in [-0.25, -0.2) is 8.78 Å². The van der Waals surface area contributed by atoms with Gasteiger partial charge in [-0.15, -0.1) is 11.3 Å². The van der Waals surface area contributed by atoms with Crippen molar-refractivity contribution in [3.05, 3.63) is 40.5 Å². The van der Waals surface area contributed by atoms with Gasteiger partial charge in [0.2, 0.25) is 0 Å². The molecule has 10 nitrogen and oxygen atoms in total. The van der Waals surface area contributed by atoms with Crippen molar-refractivity contribution in [2.45, 2.75) is 50.7 Å². The summed E-state index contributed by atoms with van der Waals surface area (Å²) in [6.45, 7) is 2.08. The third-order valence-electron chi connectivity index (χ3n) is 8.93. The Balaban J connectivity index is 1.42. The molecule has 0 amide bonds. The molecular formula is C30H30F2N6O4S. The van der Waals surface area contributed by atoms with E-state index in [0.717, 1.165) is 37.3 Å². The van der Waals surface area contributed by atoms with Gasteiger partial charge in [0.1, 0.15) is 28.2 Å². The van der Waals surface area contributed by atoms with Gasteiger partial charge in [0.25, 0.3) is 0 Å². The molecular weight excluding hydrogens is 578 g/mol. The van der Waals surface area contributed by atoms with E-state index >= 15 is 8.78 Å². The minimum Gasteiger partial charge on any atom is -0.467 e. The van der Waals surface area contributed by atoms with Gasteiger partial charge in [-0.2, -0.15) is 15.2 Å². The molecule has 0 radical (unpaired) electrons. The van der Waals surface area contributed by atoms with Crippen LogP contribution in [-0.2, 0) is 18.0 Å². The molecule has 2 fully saturated rings. The van der Waals surface area contributed by atoms with Crippen LogP contribution in [-0.4, -0.2) is 76.6 Å². The fraction of sp³-hybridized carbons (Fsp3) is 0.433. The molecule has 224 valence electrons. The van der Waals surface area contributed by atoms with Crippen molar-refractivity contribution in [2.24, 2.45) is 0 Å². The zero-order valence-electron chi connectivity index (χ0n) is 23.4. The lowest BCUT2D eigenvalue weighted by Crippen LogP contribution is -2.54. The topological polar surface area (TPSA) is 141 Å². The standard InChI is InChI=1S/C30H30F2N6O4S/c1-41-30-35-27-24(29(36-30)38-14-2-3-15(38)10-37(9-14)7-6-16(40)11-39)19-13-42-12-18(19)23(26(27)32)25-20(31)4-5-21-22(25)17(8-33)28(34)43-21/h4-5,14-16,39-40H,2-3,6-7,9-13,34H2,1H3. The second kappa shape index (κ2) is 10.8. The first-order valence-electron chi connectivity index (χ1n) is 14.2. The SMILES string of the molecule is COc1nc(N2C3CCC2CN(CCC(O)CO)C3)c2c3c(c(-c4c(F)ccc5sc(N)c(C#N)c45)c(F)c2n1)COC3. The Kier molecular flexibility index (Phi) is 7.06. The van der Waals surface area contributed by atoms with Crippen LogP contribution in [0.5, 0.6) is 6.01 Å². The van der Waals surface area contributed by atoms with Gasteiger partial charge in [0.05, 0.1) is 44.0 Å². The Hall–Kier alpha value is -3.67. The van der Waals surface area contributed by atoms with E-state index in [-0.39, 0.29) is 70.5 Å².